The van der Waals surface area contributed by atoms with E-state index in [2.05, 4.69) is 52.5 Å². The fraction of sp³-hybridized carbons (Fsp3) is 0.111. The zero-order valence-corrected chi connectivity index (χ0v) is 23.6. The SMILES string of the molecule is O=C(Nc1cc(CCCc2cc(NC(=O)c3ccc4nnnn4n3)c(C(=O)O)cc2F)c(F)cc1C(=O)O)C1=NN2NNN=C2C=C1. The highest BCUT2D eigenvalue weighted by atomic mass is 19.1. The minimum atomic E-state index is -1.50. The molecule has 0 spiro atoms. The maximum absolute atomic E-state index is 15.0. The van der Waals surface area contributed by atoms with Gasteiger partial charge in [-0.15, -0.1) is 30.6 Å². The number of hydrogen-bond donors (Lipinski definition) is 6. The molecule has 2 aromatic heterocycles. The molecule has 238 valence electrons. The first-order chi connectivity index (χ1) is 22.6. The van der Waals surface area contributed by atoms with Crippen LogP contribution in [0, 0.1) is 11.6 Å². The molecule has 6 N–H and O–H groups in total. The van der Waals surface area contributed by atoms with Crippen LogP contribution in [0.2, 0.25) is 0 Å². The highest BCUT2D eigenvalue weighted by molar-refractivity contribution is 6.48. The van der Waals surface area contributed by atoms with Gasteiger partial charge in [-0.1, -0.05) is 0 Å². The van der Waals surface area contributed by atoms with Crippen LogP contribution in [0.25, 0.3) is 5.65 Å². The number of tetrazole rings is 1. The van der Waals surface area contributed by atoms with Gasteiger partial charge in [-0.05, 0) is 89.4 Å². The molecule has 20 heteroatoms. The lowest BCUT2D eigenvalue weighted by atomic mass is 9.99. The first kappa shape index (κ1) is 30.3. The Morgan fingerprint density at radius 3 is 2.13 bits per heavy atom. The summed E-state index contributed by atoms with van der Waals surface area (Å²) < 4.78 is 30.9. The number of benzene rings is 2. The number of hydrazine groups is 2. The van der Waals surface area contributed by atoms with E-state index in [4.69, 9.17) is 0 Å². The van der Waals surface area contributed by atoms with E-state index >= 15 is 0 Å². The van der Waals surface area contributed by atoms with E-state index in [1.807, 2.05) is 0 Å². The molecule has 18 nitrogen and oxygen atoms in total. The van der Waals surface area contributed by atoms with Crippen molar-refractivity contribution in [1.29, 1.82) is 0 Å². The van der Waals surface area contributed by atoms with E-state index < -0.39 is 46.5 Å². The van der Waals surface area contributed by atoms with Crippen molar-refractivity contribution in [3.63, 3.8) is 0 Å². The number of halogens is 2. The van der Waals surface area contributed by atoms with E-state index in [0.29, 0.717) is 5.84 Å². The first-order valence-electron chi connectivity index (χ1n) is 13.5. The smallest absolute Gasteiger partial charge is 0.337 e. The highest BCUT2D eigenvalue weighted by Gasteiger charge is 2.24. The van der Waals surface area contributed by atoms with Gasteiger partial charge in [-0.3, -0.25) is 9.59 Å². The van der Waals surface area contributed by atoms with Crippen LogP contribution in [0.1, 0.15) is 48.8 Å². The minimum absolute atomic E-state index is 0.0142. The van der Waals surface area contributed by atoms with E-state index in [0.717, 1.165) is 28.9 Å². The number of carboxylic acid groups (broad SMARTS) is 2. The minimum Gasteiger partial charge on any atom is -0.478 e. The van der Waals surface area contributed by atoms with Gasteiger partial charge in [0.2, 0.25) is 0 Å². The zero-order chi connectivity index (χ0) is 33.2. The largest absolute Gasteiger partial charge is 0.478 e. The Morgan fingerprint density at radius 1 is 0.851 bits per heavy atom. The Balaban J connectivity index is 1.18. The summed E-state index contributed by atoms with van der Waals surface area (Å²) in [7, 11) is 0. The predicted octanol–water partition coefficient (Wildman–Crippen LogP) is 1.12. The number of aromatic nitrogens is 5. The number of nitrogens with zero attached hydrogens (tertiary/aromatic N) is 8. The van der Waals surface area contributed by atoms with Crippen molar-refractivity contribution in [2.45, 2.75) is 19.3 Å². The molecule has 2 amide bonds. The normalized spacial score (nSPS) is 13.4. The number of anilines is 2. The number of amides is 2. The Hall–Kier alpha value is -6.70. The van der Waals surface area contributed by atoms with Crippen LogP contribution in [0.4, 0.5) is 20.2 Å². The number of nitrogens with one attached hydrogen (secondary N) is 4. The standard InChI is InChI=1S/C27H20F2N12O6/c28-16-10-14(26(44)45)20(30-24(42)18-4-6-22-32-36-38-40(22)34-18)8-12(16)2-1-3-13-9-21(15(27(46)47)11-17(13)29)31-25(43)19-5-7-23-33-37-39-41(23)35-19/h4-11,36,38H,1-3H2,(H,30,42)(H,31,43)(H,44,45)(H,46,47). The number of amidine groups is 1. The molecule has 0 atom stereocenters. The molecule has 6 rings (SSSR count). The van der Waals surface area contributed by atoms with Crippen LogP contribution in [-0.2, 0) is 17.6 Å². The molecule has 47 heavy (non-hydrogen) atoms. The van der Waals surface area contributed by atoms with E-state index in [-0.39, 0.29) is 58.8 Å². The van der Waals surface area contributed by atoms with Crippen LogP contribution in [0.3, 0.4) is 0 Å². The number of rotatable bonds is 10. The molecular formula is C27H20F2N12O6. The summed E-state index contributed by atoms with van der Waals surface area (Å²) in [5.74, 6) is -5.95. The van der Waals surface area contributed by atoms with Gasteiger partial charge in [0.15, 0.2) is 22.9 Å². The summed E-state index contributed by atoms with van der Waals surface area (Å²) in [6.07, 6.45) is 2.88. The third-order valence-electron chi connectivity index (χ3n) is 6.90. The van der Waals surface area contributed by atoms with Crippen LogP contribution in [0.5, 0.6) is 0 Å². The lowest BCUT2D eigenvalue weighted by molar-refractivity contribution is -0.110. The monoisotopic (exact) mass is 646 g/mol. The molecule has 0 bridgehead atoms. The Kier molecular flexibility index (Phi) is 7.98. The van der Waals surface area contributed by atoms with E-state index in [1.165, 1.54) is 29.4 Å². The number of carboxylic acids is 2. The van der Waals surface area contributed by atoms with Crippen molar-refractivity contribution < 1.29 is 38.2 Å². The van der Waals surface area contributed by atoms with Gasteiger partial charge in [0.1, 0.15) is 11.6 Å². The predicted molar refractivity (Wildman–Crippen MR) is 156 cm³/mol. The van der Waals surface area contributed by atoms with Crippen molar-refractivity contribution in [2.24, 2.45) is 10.2 Å². The second-order valence-corrected chi connectivity index (χ2v) is 9.92. The number of carbonyl (C=O) groups is 4. The molecule has 0 unspecified atom stereocenters. The maximum atomic E-state index is 15.0. The lowest BCUT2D eigenvalue weighted by Crippen LogP contribution is -2.40. The Morgan fingerprint density at radius 2 is 1.49 bits per heavy atom. The highest BCUT2D eigenvalue weighted by Crippen LogP contribution is 2.26. The van der Waals surface area contributed by atoms with Crippen molar-refractivity contribution in [3.05, 3.63) is 88.1 Å². The van der Waals surface area contributed by atoms with Gasteiger partial charge in [-0.25, -0.2) is 23.9 Å². The molecule has 2 aliphatic heterocycles. The lowest BCUT2D eigenvalue weighted by Gasteiger charge is -2.16. The van der Waals surface area contributed by atoms with Gasteiger partial charge >= 0.3 is 11.9 Å². The zero-order valence-electron chi connectivity index (χ0n) is 23.6. The number of fused-ring (bicyclic) bond motifs is 2. The molecule has 4 aromatic rings. The molecule has 0 aliphatic carbocycles. The second-order valence-electron chi connectivity index (χ2n) is 9.92. The van der Waals surface area contributed by atoms with Gasteiger partial charge in [-0.2, -0.15) is 5.12 Å². The molecular weight excluding hydrogens is 626 g/mol. The van der Waals surface area contributed by atoms with Gasteiger partial charge in [0.05, 0.1) is 22.5 Å². The molecule has 0 saturated heterocycles. The summed E-state index contributed by atoms with van der Waals surface area (Å²) in [4.78, 5) is 49.3. The number of aromatic carboxylic acids is 2. The topological polar surface area (TPSA) is 241 Å². The van der Waals surface area contributed by atoms with Gasteiger partial charge < -0.3 is 20.8 Å². The molecule has 0 saturated carbocycles. The molecule has 0 radical (unpaired) electrons. The summed E-state index contributed by atoms with van der Waals surface area (Å²) in [5, 5.41) is 47.8. The number of aryl methyl sites for hydroxylation is 2. The number of hydrazone groups is 2. The fourth-order valence-electron chi connectivity index (χ4n) is 4.63. The summed E-state index contributed by atoms with van der Waals surface area (Å²) in [6.45, 7) is 0. The van der Waals surface area contributed by atoms with Crippen molar-refractivity contribution in [2.75, 3.05) is 10.6 Å². The Bertz CT molecular complexity index is 2080. The van der Waals surface area contributed by atoms with Crippen LogP contribution in [0.15, 0.2) is 58.8 Å². The first-order valence-corrected chi connectivity index (χ1v) is 13.5. The molecule has 2 aromatic carbocycles. The fourth-order valence-corrected chi connectivity index (χ4v) is 4.63. The van der Waals surface area contributed by atoms with Crippen LogP contribution < -0.4 is 21.7 Å². The van der Waals surface area contributed by atoms with Crippen molar-refractivity contribution in [1.82, 2.24) is 41.4 Å². The molecule has 0 fully saturated rings. The maximum Gasteiger partial charge on any atom is 0.337 e. The summed E-state index contributed by atoms with van der Waals surface area (Å²) >= 11 is 0. The average molecular weight is 647 g/mol. The summed E-state index contributed by atoms with van der Waals surface area (Å²) in [5.41, 5.74) is 3.63. The van der Waals surface area contributed by atoms with Crippen LogP contribution >= 0.6 is 0 Å². The Labute approximate surface area is 260 Å². The average Bonchev–Trinajstić information content (AvgIpc) is 3.72. The number of hydrogen-bond acceptors (Lipinski definition) is 13. The van der Waals surface area contributed by atoms with Crippen LogP contribution in [-0.4, -0.2) is 75.9 Å². The van der Waals surface area contributed by atoms with E-state index in [9.17, 15) is 38.2 Å². The van der Waals surface area contributed by atoms with Crippen molar-refractivity contribution >= 4 is 52.3 Å². The summed E-state index contributed by atoms with van der Waals surface area (Å²) in [6, 6.07) is 6.57. The van der Waals surface area contributed by atoms with E-state index in [1.54, 1.807) is 0 Å². The quantitative estimate of drug-likeness (QED) is 0.142. The third kappa shape index (κ3) is 6.28. The second kappa shape index (κ2) is 12.4. The molecule has 2 aliphatic rings. The van der Waals surface area contributed by atoms with Crippen molar-refractivity contribution in [3.8, 4) is 0 Å². The van der Waals surface area contributed by atoms with Gasteiger partial charge in [0, 0.05) is 0 Å². The number of carbonyl (C=O) groups excluding carboxylic acids is 2. The van der Waals surface area contributed by atoms with Gasteiger partial charge in [0.25, 0.3) is 11.8 Å². The third-order valence-corrected chi connectivity index (χ3v) is 6.90. The molecule has 4 heterocycles.